The number of carbonyl (C=O) groups excluding carboxylic acids is 1. The van der Waals surface area contributed by atoms with Crippen molar-refractivity contribution in [3.8, 4) is 5.75 Å². The Bertz CT molecular complexity index is 970. The number of fused-ring (bicyclic) bond motifs is 1. The van der Waals surface area contributed by atoms with Crippen LogP contribution in [0.15, 0.2) is 60.3 Å². The fourth-order valence-corrected chi connectivity index (χ4v) is 4.29. The van der Waals surface area contributed by atoms with E-state index in [9.17, 15) is 4.79 Å². The van der Waals surface area contributed by atoms with Crippen molar-refractivity contribution >= 4 is 5.91 Å². The summed E-state index contributed by atoms with van der Waals surface area (Å²) in [6.07, 6.45) is 3.04. The fourth-order valence-electron chi connectivity index (χ4n) is 4.29. The zero-order valence-electron chi connectivity index (χ0n) is 19.5. The monoisotopic (exact) mass is 434 g/mol. The van der Waals surface area contributed by atoms with Gasteiger partial charge in [0.2, 0.25) is 0 Å². The first-order valence-electron chi connectivity index (χ1n) is 11.4. The molecular formula is C26H34N4O2. The van der Waals surface area contributed by atoms with E-state index in [1.165, 1.54) is 11.1 Å². The summed E-state index contributed by atoms with van der Waals surface area (Å²) in [5.41, 5.74) is 7.74. The lowest BCUT2D eigenvalue weighted by Gasteiger charge is -2.40. The summed E-state index contributed by atoms with van der Waals surface area (Å²) in [4.78, 5) is 17.4. The summed E-state index contributed by atoms with van der Waals surface area (Å²) in [6.45, 7) is 7.19. The number of hydrogen-bond acceptors (Lipinski definition) is 5. The standard InChI is InChI=1S/C26H34N4O2/c1-19-9-11-22(12-10-19)24-16-25-26(31)29(17-20(2)30(25)27-24)18-21-7-5-8-23(15-21)32-14-6-13-28(3)4/h5,7-12,15-16,20,24,27H,6,13-14,17-18H2,1-4H3. The van der Waals surface area contributed by atoms with Crippen LogP contribution in [0, 0.1) is 6.92 Å². The lowest BCUT2D eigenvalue weighted by atomic mass is 10.0. The summed E-state index contributed by atoms with van der Waals surface area (Å²) in [7, 11) is 4.13. The Hall–Kier alpha value is -2.83. The Balaban J connectivity index is 1.42. The SMILES string of the molecule is Cc1ccc(C2C=C3C(=O)N(Cc4cccc(OCCCN(C)C)c4)CC(C)N3N2)cc1. The lowest BCUT2D eigenvalue weighted by Crippen LogP contribution is -2.55. The second kappa shape index (κ2) is 9.76. The van der Waals surface area contributed by atoms with Crippen molar-refractivity contribution in [1.82, 2.24) is 20.2 Å². The summed E-state index contributed by atoms with van der Waals surface area (Å²) in [5, 5.41) is 2.04. The minimum Gasteiger partial charge on any atom is -0.494 e. The maximum atomic E-state index is 13.3. The minimum atomic E-state index is 0.0239. The van der Waals surface area contributed by atoms with Crippen LogP contribution < -0.4 is 10.2 Å². The molecule has 0 radical (unpaired) electrons. The Labute approximate surface area is 191 Å². The Morgan fingerprint density at radius 2 is 1.94 bits per heavy atom. The van der Waals surface area contributed by atoms with E-state index < -0.39 is 0 Å². The molecule has 6 heteroatoms. The van der Waals surface area contributed by atoms with Crippen LogP contribution in [0.1, 0.15) is 36.1 Å². The van der Waals surface area contributed by atoms with Crippen molar-refractivity contribution in [3.63, 3.8) is 0 Å². The first kappa shape index (κ1) is 22.4. The highest BCUT2D eigenvalue weighted by molar-refractivity contribution is 5.94. The summed E-state index contributed by atoms with van der Waals surface area (Å²) in [6, 6.07) is 16.8. The second-order valence-corrected chi connectivity index (χ2v) is 9.13. The molecule has 2 aliphatic heterocycles. The van der Waals surface area contributed by atoms with Crippen molar-refractivity contribution in [2.24, 2.45) is 0 Å². The molecule has 170 valence electrons. The third-order valence-corrected chi connectivity index (χ3v) is 6.02. The third-order valence-electron chi connectivity index (χ3n) is 6.02. The van der Waals surface area contributed by atoms with Gasteiger partial charge in [0, 0.05) is 19.6 Å². The molecule has 1 N–H and O–H groups in total. The molecule has 1 amide bonds. The van der Waals surface area contributed by atoms with Crippen molar-refractivity contribution in [2.75, 3.05) is 33.8 Å². The number of piperazine rings is 1. The van der Waals surface area contributed by atoms with E-state index in [0.29, 0.717) is 19.7 Å². The van der Waals surface area contributed by atoms with Crippen LogP contribution in [-0.4, -0.2) is 60.5 Å². The smallest absolute Gasteiger partial charge is 0.271 e. The van der Waals surface area contributed by atoms with Crippen LogP contribution in [0.5, 0.6) is 5.75 Å². The molecule has 4 rings (SSSR count). The van der Waals surface area contributed by atoms with Gasteiger partial charge >= 0.3 is 0 Å². The number of rotatable bonds is 8. The fraction of sp³-hybridized carbons (Fsp3) is 0.423. The van der Waals surface area contributed by atoms with E-state index in [2.05, 4.69) is 80.7 Å². The minimum absolute atomic E-state index is 0.0239. The van der Waals surface area contributed by atoms with Gasteiger partial charge in [0.05, 0.1) is 18.7 Å². The van der Waals surface area contributed by atoms with Gasteiger partial charge in [0.1, 0.15) is 11.4 Å². The number of aryl methyl sites for hydroxylation is 1. The van der Waals surface area contributed by atoms with Gasteiger partial charge in [0.15, 0.2) is 0 Å². The van der Waals surface area contributed by atoms with E-state index in [4.69, 9.17) is 4.74 Å². The summed E-state index contributed by atoms with van der Waals surface area (Å²) in [5.74, 6) is 0.934. The molecular weight excluding hydrogens is 400 g/mol. The largest absolute Gasteiger partial charge is 0.494 e. The van der Waals surface area contributed by atoms with E-state index in [1.54, 1.807) is 0 Å². The first-order valence-corrected chi connectivity index (χ1v) is 11.4. The Morgan fingerprint density at radius 1 is 1.16 bits per heavy atom. The number of hydrogen-bond donors (Lipinski definition) is 1. The average Bonchev–Trinajstić information content (AvgIpc) is 3.22. The van der Waals surface area contributed by atoms with Gasteiger partial charge in [0.25, 0.3) is 5.91 Å². The Kier molecular flexibility index (Phi) is 6.82. The average molecular weight is 435 g/mol. The van der Waals surface area contributed by atoms with E-state index >= 15 is 0 Å². The number of benzene rings is 2. The first-order chi connectivity index (χ1) is 15.4. The molecule has 2 heterocycles. The molecule has 0 bridgehead atoms. The molecule has 2 aromatic carbocycles. The third kappa shape index (κ3) is 5.14. The van der Waals surface area contributed by atoms with Gasteiger partial charge < -0.3 is 14.5 Å². The molecule has 2 atom stereocenters. The molecule has 0 aromatic heterocycles. The van der Waals surface area contributed by atoms with Crippen molar-refractivity contribution < 1.29 is 9.53 Å². The molecule has 0 aliphatic carbocycles. The molecule has 1 fully saturated rings. The topological polar surface area (TPSA) is 48.1 Å². The number of nitrogens with one attached hydrogen (secondary N) is 1. The van der Waals surface area contributed by atoms with Gasteiger partial charge in [-0.25, -0.2) is 5.43 Å². The molecule has 0 saturated carbocycles. The maximum Gasteiger partial charge on any atom is 0.271 e. The lowest BCUT2D eigenvalue weighted by molar-refractivity contribution is -0.134. The summed E-state index contributed by atoms with van der Waals surface area (Å²) >= 11 is 0. The molecule has 2 aliphatic rings. The highest BCUT2D eigenvalue weighted by Crippen LogP contribution is 2.31. The molecule has 2 unspecified atom stereocenters. The highest BCUT2D eigenvalue weighted by Gasteiger charge is 2.39. The number of ether oxygens (including phenoxy) is 1. The van der Waals surface area contributed by atoms with Gasteiger partial charge in [-0.3, -0.25) is 9.80 Å². The van der Waals surface area contributed by atoms with Crippen LogP contribution in [0.3, 0.4) is 0 Å². The van der Waals surface area contributed by atoms with Crippen molar-refractivity contribution in [3.05, 3.63) is 77.0 Å². The molecule has 2 aromatic rings. The van der Waals surface area contributed by atoms with Gasteiger partial charge in [-0.2, -0.15) is 0 Å². The zero-order valence-corrected chi connectivity index (χ0v) is 19.5. The van der Waals surface area contributed by atoms with Gasteiger partial charge in [-0.15, -0.1) is 0 Å². The number of nitrogens with zero attached hydrogens (tertiary/aromatic N) is 3. The Morgan fingerprint density at radius 3 is 2.69 bits per heavy atom. The second-order valence-electron chi connectivity index (χ2n) is 9.13. The number of carbonyl (C=O) groups is 1. The van der Waals surface area contributed by atoms with Gasteiger partial charge in [-0.1, -0.05) is 42.0 Å². The van der Waals surface area contributed by atoms with Crippen LogP contribution in [0.25, 0.3) is 0 Å². The highest BCUT2D eigenvalue weighted by atomic mass is 16.5. The van der Waals surface area contributed by atoms with Crippen LogP contribution in [-0.2, 0) is 11.3 Å². The molecule has 6 nitrogen and oxygen atoms in total. The quantitative estimate of drug-likeness (QED) is 0.645. The van der Waals surface area contributed by atoms with Crippen molar-refractivity contribution in [1.29, 1.82) is 0 Å². The van der Waals surface area contributed by atoms with Crippen LogP contribution >= 0.6 is 0 Å². The van der Waals surface area contributed by atoms with Gasteiger partial charge in [-0.05, 0) is 63.7 Å². The number of amides is 1. The molecule has 1 saturated heterocycles. The number of hydrazine groups is 1. The van der Waals surface area contributed by atoms with E-state index in [1.807, 2.05) is 22.0 Å². The van der Waals surface area contributed by atoms with Crippen LogP contribution in [0.2, 0.25) is 0 Å². The van der Waals surface area contributed by atoms with E-state index in [0.717, 1.165) is 30.0 Å². The molecule has 32 heavy (non-hydrogen) atoms. The summed E-state index contributed by atoms with van der Waals surface area (Å²) < 4.78 is 5.92. The van der Waals surface area contributed by atoms with E-state index in [-0.39, 0.29) is 18.0 Å². The van der Waals surface area contributed by atoms with Crippen LogP contribution in [0.4, 0.5) is 0 Å². The normalized spacial score (nSPS) is 20.5. The van der Waals surface area contributed by atoms with Crippen molar-refractivity contribution in [2.45, 2.75) is 38.9 Å². The maximum absolute atomic E-state index is 13.3. The predicted octanol–water partition coefficient (Wildman–Crippen LogP) is 3.50. The zero-order chi connectivity index (χ0) is 22.7. The predicted molar refractivity (Wildman–Crippen MR) is 127 cm³/mol. The molecule has 0 spiro atoms.